The van der Waals surface area contributed by atoms with Gasteiger partial charge < -0.3 is 0 Å². The molecule has 1 heterocycles. The number of rotatable bonds is 1. The number of thiophene rings is 1. The van der Waals surface area contributed by atoms with Crippen LogP contribution in [-0.2, 0) is 10.8 Å². The molecule has 0 spiro atoms. The molecule has 0 nitrogen and oxygen atoms in total. The second-order valence-electron chi connectivity index (χ2n) is 7.04. The van der Waals surface area contributed by atoms with Crippen LogP contribution < -0.4 is 0 Å². The lowest BCUT2D eigenvalue weighted by Gasteiger charge is -2.42. The highest BCUT2D eigenvalue weighted by molar-refractivity contribution is 7.08. The second-order valence-corrected chi connectivity index (χ2v) is 7.82. The van der Waals surface area contributed by atoms with Gasteiger partial charge in [-0.15, -0.1) is 0 Å². The molecule has 0 N–H and O–H groups in total. The standard InChI is InChI=1S/C18H22S/c1-17(2)8-9-18(3,4)16-11-13(5-6-15(16)17)14-7-10-19-12-14/h5-7,10-12H,8-9H2,1-4H3. The van der Waals surface area contributed by atoms with Crippen LogP contribution in [0.15, 0.2) is 35.0 Å². The molecule has 1 aromatic carbocycles. The number of hydrogen-bond acceptors (Lipinski definition) is 1. The van der Waals surface area contributed by atoms with Crippen molar-refractivity contribution in [1.82, 2.24) is 0 Å². The Morgan fingerprint density at radius 3 is 2.16 bits per heavy atom. The number of hydrogen-bond donors (Lipinski definition) is 0. The van der Waals surface area contributed by atoms with Gasteiger partial charge in [0.25, 0.3) is 0 Å². The fourth-order valence-electron chi connectivity index (χ4n) is 3.20. The van der Waals surface area contributed by atoms with Gasteiger partial charge in [0.15, 0.2) is 0 Å². The Kier molecular flexibility index (Phi) is 2.86. The van der Waals surface area contributed by atoms with Gasteiger partial charge in [-0.2, -0.15) is 11.3 Å². The smallest absolute Gasteiger partial charge is 0.00147 e. The summed E-state index contributed by atoms with van der Waals surface area (Å²) in [4.78, 5) is 0. The highest BCUT2D eigenvalue weighted by Crippen LogP contribution is 2.46. The van der Waals surface area contributed by atoms with Crippen molar-refractivity contribution in [2.24, 2.45) is 0 Å². The molecule has 1 heteroatoms. The maximum absolute atomic E-state index is 2.43. The minimum absolute atomic E-state index is 0.302. The fraction of sp³-hybridized carbons (Fsp3) is 0.444. The van der Waals surface area contributed by atoms with Gasteiger partial charge in [-0.25, -0.2) is 0 Å². The fourth-order valence-corrected chi connectivity index (χ4v) is 3.86. The Hall–Kier alpha value is -1.08. The summed E-state index contributed by atoms with van der Waals surface area (Å²) in [6.07, 6.45) is 2.56. The van der Waals surface area contributed by atoms with Crippen molar-refractivity contribution in [3.63, 3.8) is 0 Å². The SMILES string of the molecule is CC1(C)CCC(C)(C)c2cc(-c3ccsc3)ccc21. The summed E-state index contributed by atoms with van der Waals surface area (Å²) < 4.78 is 0. The molecule has 0 bridgehead atoms. The van der Waals surface area contributed by atoms with Crippen LogP contribution in [0.3, 0.4) is 0 Å². The van der Waals surface area contributed by atoms with E-state index in [9.17, 15) is 0 Å². The predicted octanol–water partition coefficient (Wildman–Crippen LogP) is 5.76. The molecule has 0 aliphatic heterocycles. The monoisotopic (exact) mass is 270 g/mol. The van der Waals surface area contributed by atoms with Gasteiger partial charge in [-0.05, 0) is 62.8 Å². The summed E-state index contributed by atoms with van der Waals surface area (Å²) in [5.74, 6) is 0. The summed E-state index contributed by atoms with van der Waals surface area (Å²) in [5, 5.41) is 4.40. The highest BCUT2D eigenvalue weighted by atomic mass is 32.1. The molecular formula is C18H22S. The first-order valence-electron chi connectivity index (χ1n) is 7.08. The molecule has 1 aliphatic carbocycles. The van der Waals surface area contributed by atoms with Crippen LogP contribution in [0.2, 0.25) is 0 Å². The summed E-state index contributed by atoms with van der Waals surface area (Å²) in [6.45, 7) is 9.54. The molecule has 1 aromatic heterocycles. The third-order valence-corrected chi connectivity index (χ3v) is 5.39. The van der Waals surface area contributed by atoms with E-state index in [-0.39, 0.29) is 0 Å². The zero-order chi connectivity index (χ0) is 13.7. The van der Waals surface area contributed by atoms with Gasteiger partial charge in [-0.1, -0.05) is 45.9 Å². The number of benzene rings is 1. The van der Waals surface area contributed by atoms with Crippen molar-refractivity contribution < 1.29 is 0 Å². The zero-order valence-corrected chi connectivity index (χ0v) is 13.1. The average molecular weight is 270 g/mol. The molecule has 100 valence electrons. The van der Waals surface area contributed by atoms with Gasteiger partial charge >= 0.3 is 0 Å². The normalized spacial score (nSPS) is 20.0. The molecule has 0 fully saturated rings. The lowest BCUT2D eigenvalue weighted by Crippen LogP contribution is -2.33. The molecule has 0 saturated heterocycles. The van der Waals surface area contributed by atoms with Crippen LogP contribution in [0.1, 0.15) is 51.7 Å². The highest BCUT2D eigenvalue weighted by Gasteiger charge is 2.36. The Balaban J connectivity index is 2.18. The second kappa shape index (κ2) is 4.21. The Bertz CT molecular complexity index is 588. The lowest BCUT2D eigenvalue weighted by molar-refractivity contribution is 0.332. The molecule has 2 aromatic rings. The molecule has 1 aliphatic rings. The van der Waals surface area contributed by atoms with E-state index in [1.807, 2.05) is 0 Å². The largest absolute Gasteiger partial charge is 0.152 e. The quantitative estimate of drug-likeness (QED) is 0.617. The van der Waals surface area contributed by atoms with Crippen molar-refractivity contribution in [2.45, 2.75) is 51.4 Å². The summed E-state index contributed by atoms with van der Waals surface area (Å²) >= 11 is 1.77. The Morgan fingerprint density at radius 1 is 0.842 bits per heavy atom. The van der Waals surface area contributed by atoms with Crippen LogP contribution in [0.4, 0.5) is 0 Å². The van der Waals surface area contributed by atoms with E-state index < -0.39 is 0 Å². The zero-order valence-electron chi connectivity index (χ0n) is 12.3. The van der Waals surface area contributed by atoms with Gasteiger partial charge in [0, 0.05) is 0 Å². The van der Waals surface area contributed by atoms with Gasteiger partial charge in [0.05, 0.1) is 0 Å². The first kappa shape index (κ1) is 12.9. The predicted molar refractivity (Wildman–Crippen MR) is 85.0 cm³/mol. The average Bonchev–Trinajstić information content (AvgIpc) is 2.89. The lowest BCUT2D eigenvalue weighted by atomic mass is 9.63. The summed E-state index contributed by atoms with van der Waals surface area (Å²) in [5.41, 5.74) is 6.43. The van der Waals surface area contributed by atoms with Crippen LogP contribution in [0, 0.1) is 0 Å². The van der Waals surface area contributed by atoms with E-state index >= 15 is 0 Å². The van der Waals surface area contributed by atoms with Crippen molar-refractivity contribution >= 4 is 11.3 Å². The van der Waals surface area contributed by atoms with Crippen LogP contribution >= 0.6 is 11.3 Å². The van der Waals surface area contributed by atoms with E-state index in [0.717, 1.165) is 0 Å². The molecule has 0 radical (unpaired) electrons. The van der Waals surface area contributed by atoms with Crippen molar-refractivity contribution in [3.8, 4) is 11.1 Å². The van der Waals surface area contributed by atoms with Crippen LogP contribution in [-0.4, -0.2) is 0 Å². The molecule has 19 heavy (non-hydrogen) atoms. The first-order valence-corrected chi connectivity index (χ1v) is 8.02. The van der Waals surface area contributed by atoms with E-state index in [1.165, 1.54) is 24.0 Å². The minimum Gasteiger partial charge on any atom is -0.152 e. The van der Waals surface area contributed by atoms with Crippen LogP contribution in [0.5, 0.6) is 0 Å². The van der Waals surface area contributed by atoms with Gasteiger partial charge in [0.2, 0.25) is 0 Å². The van der Waals surface area contributed by atoms with Crippen LogP contribution in [0.25, 0.3) is 11.1 Å². The maximum Gasteiger partial charge on any atom is -0.00147 e. The number of fused-ring (bicyclic) bond motifs is 1. The Labute approximate surface area is 120 Å². The topological polar surface area (TPSA) is 0 Å². The van der Waals surface area contributed by atoms with E-state index in [1.54, 1.807) is 22.5 Å². The van der Waals surface area contributed by atoms with E-state index in [4.69, 9.17) is 0 Å². The van der Waals surface area contributed by atoms with E-state index in [2.05, 4.69) is 62.7 Å². The first-order chi connectivity index (χ1) is 8.90. The van der Waals surface area contributed by atoms with Gasteiger partial charge in [0.1, 0.15) is 0 Å². The van der Waals surface area contributed by atoms with Crippen molar-refractivity contribution in [2.75, 3.05) is 0 Å². The third-order valence-electron chi connectivity index (χ3n) is 4.71. The molecule has 0 saturated carbocycles. The summed E-state index contributed by atoms with van der Waals surface area (Å²) in [6, 6.07) is 9.30. The molecular weight excluding hydrogens is 248 g/mol. The van der Waals surface area contributed by atoms with E-state index in [0.29, 0.717) is 10.8 Å². The third kappa shape index (κ3) is 2.14. The molecule has 3 rings (SSSR count). The maximum atomic E-state index is 2.43. The summed E-state index contributed by atoms with van der Waals surface area (Å²) in [7, 11) is 0. The molecule has 0 amide bonds. The minimum atomic E-state index is 0.302. The van der Waals surface area contributed by atoms with Gasteiger partial charge in [-0.3, -0.25) is 0 Å². The van der Waals surface area contributed by atoms with Crippen molar-refractivity contribution in [1.29, 1.82) is 0 Å². The Morgan fingerprint density at radius 2 is 1.53 bits per heavy atom. The van der Waals surface area contributed by atoms with Crippen molar-refractivity contribution in [3.05, 3.63) is 46.2 Å². The molecule has 0 unspecified atom stereocenters. The molecule has 0 atom stereocenters.